The molecule has 0 aromatic heterocycles. The van der Waals surface area contributed by atoms with Crippen LogP contribution >= 0.6 is 0 Å². The summed E-state index contributed by atoms with van der Waals surface area (Å²) in [5.41, 5.74) is 1.59. The molecule has 7 nitrogen and oxygen atoms in total. The molecule has 0 atom stereocenters. The fourth-order valence-electron chi connectivity index (χ4n) is 3.03. The first-order valence-corrected chi connectivity index (χ1v) is 9.10. The average Bonchev–Trinajstić information content (AvgIpc) is 3.48. The summed E-state index contributed by atoms with van der Waals surface area (Å²) in [7, 11) is 3.17. The van der Waals surface area contributed by atoms with E-state index in [1.165, 1.54) is 0 Å². The van der Waals surface area contributed by atoms with Crippen LogP contribution in [0.5, 0.6) is 11.5 Å². The van der Waals surface area contributed by atoms with E-state index in [1.807, 2.05) is 18.2 Å². The first kappa shape index (κ1) is 19.5. The summed E-state index contributed by atoms with van der Waals surface area (Å²) < 4.78 is 15.6. The second-order valence-corrected chi connectivity index (χ2v) is 6.53. The Hall–Kier alpha value is -3.22. The molecule has 1 aliphatic rings. The molecule has 1 aliphatic carbocycles. The maximum atomic E-state index is 12.5. The molecule has 0 bridgehead atoms. The van der Waals surface area contributed by atoms with Crippen LogP contribution in [0.15, 0.2) is 42.5 Å². The van der Waals surface area contributed by atoms with E-state index >= 15 is 0 Å². The molecule has 2 aromatic carbocycles. The lowest BCUT2D eigenvalue weighted by atomic mass is 10.0. The summed E-state index contributed by atoms with van der Waals surface area (Å²) in [5, 5.41) is 5.84. The van der Waals surface area contributed by atoms with Gasteiger partial charge >= 0.3 is 12.0 Å². The molecule has 28 heavy (non-hydrogen) atoms. The Labute approximate surface area is 164 Å². The van der Waals surface area contributed by atoms with Gasteiger partial charge in [-0.05, 0) is 61.7 Å². The normalized spacial score (nSPS) is 14.0. The number of anilines is 1. The minimum absolute atomic E-state index is 0.309. The monoisotopic (exact) mass is 384 g/mol. The third-order valence-electron chi connectivity index (χ3n) is 4.69. The maximum absolute atomic E-state index is 12.5. The van der Waals surface area contributed by atoms with Crippen LogP contribution < -0.4 is 20.1 Å². The van der Waals surface area contributed by atoms with Gasteiger partial charge in [-0.25, -0.2) is 9.59 Å². The van der Waals surface area contributed by atoms with E-state index in [2.05, 4.69) is 10.6 Å². The first-order chi connectivity index (χ1) is 13.5. The van der Waals surface area contributed by atoms with Crippen molar-refractivity contribution < 1.29 is 23.8 Å². The van der Waals surface area contributed by atoms with Crippen LogP contribution in [-0.4, -0.2) is 32.8 Å². The third-order valence-corrected chi connectivity index (χ3v) is 4.69. The number of hydrogen-bond acceptors (Lipinski definition) is 5. The number of nitrogens with one attached hydrogen (secondary N) is 2. The summed E-state index contributed by atoms with van der Waals surface area (Å²) in [6.07, 6.45) is 1.69. The molecule has 2 amide bonds. The van der Waals surface area contributed by atoms with Crippen LogP contribution in [-0.2, 0) is 10.3 Å². The smallest absolute Gasteiger partial charge is 0.338 e. The van der Waals surface area contributed by atoms with Crippen molar-refractivity contribution in [1.82, 2.24) is 5.32 Å². The Morgan fingerprint density at radius 3 is 2.25 bits per heavy atom. The highest BCUT2D eigenvalue weighted by atomic mass is 16.5. The minimum atomic E-state index is -0.408. The molecule has 148 valence electrons. The molecule has 3 rings (SSSR count). The summed E-state index contributed by atoms with van der Waals surface area (Å²) in [5.74, 6) is 0.889. The van der Waals surface area contributed by atoms with Gasteiger partial charge in [0.05, 0.1) is 31.9 Å². The van der Waals surface area contributed by atoms with Crippen LogP contribution in [0.25, 0.3) is 0 Å². The van der Waals surface area contributed by atoms with Crippen molar-refractivity contribution in [2.24, 2.45) is 0 Å². The number of urea groups is 1. The predicted octanol–water partition coefficient (Wildman–Crippen LogP) is 3.69. The minimum Gasteiger partial charge on any atom is -0.493 e. The van der Waals surface area contributed by atoms with Gasteiger partial charge in [-0.15, -0.1) is 0 Å². The number of esters is 1. The average molecular weight is 384 g/mol. The van der Waals surface area contributed by atoms with E-state index in [-0.39, 0.29) is 12.0 Å². The lowest BCUT2D eigenvalue weighted by Crippen LogP contribution is -2.38. The number of carbonyl (C=O) groups is 2. The van der Waals surface area contributed by atoms with Crippen molar-refractivity contribution in [2.75, 3.05) is 26.1 Å². The fraction of sp³-hybridized carbons (Fsp3) is 0.333. The van der Waals surface area contributed by atoms with Crippen LogP contribution in [0.3, 0.4) is 0 Å². The summed E-state index contributed by atoms with van der Waals surface area (Å²) in [6, 6.07) is 11.9. The van der Waals surface area contributed by atoms with Gasteiger partial charge in [0.25, 0.3) is 0 Å². The van der Waals surface area contributed by atoms with Crippen LogP contribution in [0.2, 0.25) is 0 Å². The van der Waals surface area contributed by atoms with Gasteiger partial charge in [0, 0.05) is 5.69 Å². The Balaban J connectivity index is 1.65. The first-order valence-electron chi connectivity index (χ1n) is 9.10. The fourth-order valence-corrected chi connectivity index (χ4v) is 3.03. The van der Waals surface area contributed by atoms with Gasteiger partial charge in [0.2, 0.25) is 0 Å². The van der Waals surface area contributed by atoms with Crippen molar-refractivity contribution in [2.45, 2.75) is 25.3 Å². The molecular weight excluding hydrogens is 360 g/mol. The zero-order chi connectivity index (χ0) is 20.1. The van der Waals surface area contributed by atoms with Gasteiger partial charge in [0.1, 0.15) is 0 Å². The molecule has 2 N–H and O–H groups in total. The Morgan fingerprint density at radius 2 is 1.68 bits per heavy atom. The number of hydrogen-bond donors (Lipinski definition) is 2. The van der Waals surface area contributed by atoms with Gasteiger partial charge in [-0.2, -0.15) is 0 Å². The molecule has 0 spiro atoms. The van der Waals surface area contributed by atoms with E-state index in [0.717, 1.165) is 18.4 Å². The number of benzene rings is 2. The van der Waals surface area contributed by atoms with E-state index in [4.69, 9.17) is 14.2 Å². The summed E-state index contributed by atoms with van der Waals surface area (Å²) in [4.78, 5) is 24.2. The zero-order valence-corrected chi connectivity index (χ0v) is 16.2. The number of ether oxygens (including phenoxy) is 3. The number of rotatable bonds is 7. The van der Waals surface area contributed by atoms with Crippen LogP contribution in [0, 0.1) is 0 Å². The molecular formula is C21H24N2O5. The maximum Gasteiger partial charge on any atom is 0.338 e. The second kappa shape index (κ2) is 8.21. The van der Waals surface area contributed by atoms with E-state index in [9.17, 15) is 9.59 Å². The third kappa shape index (κ3) is 4.19. The number of amides is 2. The molecule has 0 aliphatic heterocycles. The molecule has 0 saturated heterocycles. The van der Waals surface area contributed by atoms with Gasteiger partial charge in [-0.1, -0.05) is 6.07 Å². The molecule has 7 heteroatoms. The highest BCUT2D eigenvalue weighted by molar-refractivity contribution is 5.92. The Kier molecular flexibility index (Phi) is 5.73. The zero-order valence-electron chi connectivity index (χ0n) is 16.2. The SMILES string of the molecule is CCOC(=O)c1ccc(NC(=O)NC2(c3ccc(OC)c(OC)c3)CC2)cc1. The highest BCUT2D eigenvalue weighted by Crippen LogP contribution is 2.47. The van der Waals surface area contributed by atoms with E-state index in [0.29, 0.717) is 29.4 Å². The molecule has 0 radical (unpaired) electrons. The highest BCUT2D eigenvalue weighted by Gasteiger charge is 2.46. The number of methoxy groups -OCH3 is 2. The molecule has 1 saturated carbocycles. The lowest BCUT2D eigenvalue weighted by Gasteiger charge is -2.20. The molecule has 1 fully saturated rings. The number of carbonyl (C=O) groups excluding carboxylic acids is 2. The Bertz CT molecular complexity index is 860. The topological polar surface area (TPSA) is 85.9 Å². The summed E-state index contributed by atoms with van der Waals surface area (Å²) in [6.45, 7) is 2.07. The lowest BCUT2D eigenvalue weighted by molar-refractivity contribution is 0.0526. The van der Waals surface area contributed by atoms with Gasteiger partial charge < -0.3 is 24.8 Å². The van der Waals surface area contributed by atoms with Crippen molar-refractivity contribution in [1.29, 1.82) is 0 Å². The standard InChI is InChI=1S/C21H24N2O5/c1-4-28-19(24)14-5-8-16(9-6-14)22-20(25)23-21(11-12-21)15-7-10-17(26-2)18(13-15)27-3/h5-10,13H,4,11-12H2,1-3H3,(H2,22,23,25). The largest absolute Gasteiger partial charge is 0.493 e. The Morgan fingerprint density at radius 1 is 1.00 bits per heavy atom. The predicted molar refractivity (Wildman–Crippen MR) is 105 cm³/mol. The van der Waals surface area contributed by atoms with E-state index < -0.39 is 5.54 Å². The van der Waals surface area contributed by atoms with E-state index in [1.54, 1.807) is 45.4 Å². The van der Waals surface area contributed by atoms with Crippen molar-refractivity contribution in [3.63, 3.8) is 0 Å². The van der Waals surface area contributed by atoms with Crippen LogP contribution in [0.1, 0.15) is 35.7 Å². The van der Waals surface area contributed by atoms with Crippen molar-refractivity contribution in [3.05, 3.63) is 53.6 Å². The van der Waals surface area contributed by atoms with Gasteiger partial charge in [-0.3, -0.25) is 0 Å². The van der Waals surface area contributed by atoms with Crippen molar-refractivity contribution in [3.8, 4) is 11.5 Å². The molecule has 0 heterocycles. The molecule has 0 unspecified atom stereocenters. The molecule has 2 aromatic rings. The van der Waals surface area contributed by atoms with Crippen molar-refractivity contribution >= 4 is 17.7 Å². The van der Waals surface area contributed by atoms with Gasteiger partial charge in [0.15, 0.2) is 11.5 Å². The summed E-state index contributed by atoms with van der Waals surface area (Å²) >= 11 is 0. The quantitative estimate of drug-likeness (QED) is 0.711. The van der Waals surface area contributed by atoms with Crippen LogP contribution in [0.4, 0.5) is 10.5 Å². The second-order valence-electron chi connectivity index (χ2n) is 6.53.